The van der Waals surface area contributed by atoms with Crippen LogP contribution in [0.25, 0.3) is 0 Å². The highest BCUT2D eigenvalue weighted by atomic mass is 32.2. The van der Waals surface area contributed by atoms with Crippen LogP contribution in [0, 0.1) is 13.8 Å². The highest BCUT2D eigenvalue weighted by Gasteiger charge is 2.33. The zero-order valence-electron chi connectivity index (χ0n) is 17.3. The molecule has 0 atom stereocenters. The molecule has 0 radical (unpaired) electrons. The van der Waals surface area contributed by atoms with Gasteiger partial charge in [0.25, 0.3) is 0 Å². The maximum atomic E-state index is 13.6. The fourth-order valence-electron chi connectivity index (χ4n) is 3.53. The number of allylic oxidation sites excluding steroid dienone is 1. The number of rotatable bonds is 5. The molecule has 0 spiro atoms. The largest absolute Gasteiger partial charge is 0.335 e. The van der Waals surface area contributed by atoms with Gasteiger partial charge in [-0.15, -0.1) is 0 Å². The molecule has 0 saturated carbocycles. The molecule has 0 bridgehead atoms. The Morgan fingerprint density at radius 1 is 0.767 bits per heavy atom. The lowest BCUT2D eigenvalue weighted by Gasteiger charge is -2.21. The Labute approximate surface area is 181 Å². The average Bonchev–Trinajstić information content (AvgIpc) is 3.12. The van der Waals surface area contributed by atoms with E-state index in [9.17, 15) is 9.59 Å². The third-order valence-corrected chi connectivity index (χ3v) is 6.40. The maximum Gasteiger partial charge on any atom is 0.199 e. The second-order valence-corrected chi connectivity index (χ2v) is 8.42. The van der Waals surface area contributed by atoms with E-state index < -0.39 is 0 Å². The van der Waals surface area contributed by atoms with E-state index in [1.54, 1.807) is 24.3 Å². The van der Waals surface area contributed by atoms with Crippen molar-refractivity contribution in [1.82, 2.24) is 0 Å². The molecule has 4 heteroatoms. The van der Waals surface area contributed by atoms with Gasteiger partial charge in [0.2, 0.25) is 0 Å². The van der Waals surface area contributed by atoms with Gasteiger partial charge in [-0.05, 0) is 32.9 Å². The number of thioether (sulfide) groups is 1. The normalized spacial score (nSPS) is 12.6. The molecular weight excluding hydrogens is 390 g/mol. The Kier molecular flexibility index (Phi) is 5.60. The summed E-state index contributed by atoms with van der Waals surface area (Å²) in [6, 6.07) is 22.8. The Morgan fingerprint density at radius 3 is 1.77 bits per heavy atom. The smallest absolute Gasteiger partial charge is 0.199 e. The van der Waals surface area contributed by atoms with Gasteiger partial charge in [0.05, 0.1) is 10.7 Å². The van der Waals surface area contributed by atoms with Crippen LogP contribution in [0.5, 0.6) is 0 Å². The molecule has 3 nitrogen and oxygen atoms in total. The summed E-state index contributed by atoms with van der Waals surface area (Å²) in [6.07, 6.45) is 0. The zero-order chi connectivity index (χ0) is 21.3. The van der Waals surface area contributed by atoms with Crippen molar-refractivity contribution in [2.45, 2.75) is 25.7 Å². The maximum absolute atomic E-state index is 13.6. The van der Waals surface area contributed by atoms with Crippen molar-refractivity contribution in [3.63, 3.8) is 0 Å². The first-order chi connectivity index (χ1) is 14.5. The Hall–Kier alpha value is -3.11. The van der Waals surface area contributed by atoms with E-state index in [0.717, 1.165) is 21.7 Å². The monoisotopic (exact) mass is 413 g/mol. The molecular formula is C26H23NO2S. The number of carbonyl (C=O) groups is 2. The van der Waals surface area contributed by atoms with E-state index in [2.05, 4.69) is 4.90 Å². The van der Waals surface area contributed by atoms with E-state index in [0.29, 0.717) is 22.7 Å². The summed E-state index contributed by atoms with van der Waals surface area (Å²) in [5.74, 6) is -0.483. The number of fused-ring (bicyclic) bond motifs is 1. The quantitative estimate of drug-likeness (QED) is 0.216. The molecule has 1 aliphatic rings. The molecule has 0 saturated heterocycles. The molecule has 150 valence electrons. The molecule has 1 aliphatic heterocycles. The van der Waals surface area contributed by atoms with Crippen LogP contribution >= 0.6 is 11.8 Å². The Balaban J connectivity index is 1.88. The highest BCUT2D eigenvalue weighted by molar-refractivity contribution is 8.03. The molecule has 30 heavy (non-hydrogen) atoms. The number of nitrogens with zero attached hydrogens (tertiary/aromatic N) is 1. The summed E-state index contributed by atoms with van der Waals surface area (Å²) in [5.41, 5.74) is 4.45. The molecule has 0 fully saturated rings. The lowest BCUT2D eigenvalue weighted by atomic mass is 9.95. The molecule has 0 aromatic heterocycles. The van der Waals surface area contributed by atoms with Gasteiger partial charge < -0.3 is 4.90 Å². The summed E-state index contributed by atoms with van der Waals surface area (Å²) in [7, 11) is 0. The van der Waals surface area contributed by atoms with E-state index >= 15 is 0 Å². The van der Waals surface area contributed by atoms with Crippen molar-refractivity contribution in [3.05, 3.63) is 106 Å². The van der Waals surface area contributed by atoms with Crippen LogP contribution < -0.4 is 4.90 Å². The fraction of sp³-hybridized carbons (Fsp3) is 0.154. The van der Waals surface area contributed by atoms with Crippen molar-refractivity contribution in [2.24, 2.45) is 0 Å². The van der Waals surface area contributed by atoms with Crippen molar-refractivity contribution in [3.8, 4) is 0 Å². The van der Waals surface area contributed by atoms with Crippen LogP contribution in [0.3, 0.4) is 0 Å². The van der Waals surface area contributed by atoms with Gasteiger partial charge in [-0.3, -0.25) is 9.59 Å². The first kappa shape index (κ1) is 20.2. The van der Waals surface area contributed by atoms with Gasteiger partial charge in [0.1, 0.15) is 5.57 Å². The van der Waals surface area contributed by atoms with Gasteiger partial charge in [-0.1, -0.05) is 83.6 Å². The predicted molar refractivity (Wildman–Crippen MR) is 123 cm³/mol. The number of para-hydroxylation sites is 1. The van der Waals surface area contributed by atoms with E-state index in [1.165, 1.54) is 11.8 Å². The number of anilines is 1. The van der Waals surface area contributed by atoms with Crippen molar-refractivity contribution < 1.29 is 9.59 Å². The van der Waals surface area contributed by atoms with Crippen molar-refractivity contribution in [1.29, 1.82) is 0 Å². The van der Waals surface area contributed by atoms with Crippen LogP contribution in [-0.2, 0) is 0 Å². The third kappa shape index (κ3) is 3.71. The average molecular weight is 414 g/mol. The molecule has 3 aromatic carbocycles. The predicted octanol–water partition coefficient (Wildman–Crippen LogP) is 6.21. The van der Waals surface area contributed by atoms with Crippen LogP contribution in [0.4, 0.5) is 5.69 Å². The van der Waals surface area contributed by atoms with E-state index in [4.69, 9.17) is 0 Å². The lowest BCUT2D eigenvalue weighted by molar-refractivity contribution is 0.0961. The Morgan fingerprint density at radius 2 is 1.27 bits per heavy atom. The summed E-state index contributed by atoms with van der Waals surface area (Å²) in [6.45, 7) is 6.67. The SMILES string of the molecule is CCN1C(=C(C(=O)c2ccc(C)cc2)C(=O)c2ccc(C)cc2)Sc2ccccc21. The third-order valence-electron chi connectivity index (χ3n) is 5.22. The second-order valence-electron chi connectivity index (χ2n) is 7.38. The minimum atomic E-state index is -0.241. The minimum Gasteiger partial charge on any atom is -0.335 e. The van der Waals surface area contributed by atoms with Crippen molar-refractivity contribution in [2.75, 3.05) is 11.4 Å². The lowest BCUT2D eigenvalue weighted by Crippen LogP contribution is -2.24. The number of hydrogen-bond donors (Lipinski definition) is 0. The summed E-state index contributed by atoms with van der Waals surface area (Å²) in [4.78, 5) is 30.4. The zero-order valence-corrected chi connectivity index (χ0v) is 18.1. The van der Waals surface area contributed by atoms with Gasteiger partial charge in [0, 0.05) is 22.6 Å². The van der Waals surface area contributed by atoms with Crippen LogP contribution in [0.15, 0.2) is 88.3 Å². The number of aryl methyl sites for hydroxylation is 2. The van der Waals surface area contributed by atoms with Crippen LogP contribution in [0.1, 0.15) is 38.8 Å². The number of Topliss-reactive ketones (excluding diaryl/α,β-unsaturated/α-hetero) is 2. The van der Waals surface area contributed by atoms with Crippen LogP contribution in [-0.4, -0.2) is 18.1 Å². The van der Waals surface area contributed by atoms with Gasteiger partial charge in [0.15, 0.2) is 11.6 Å². The summed E-state index contributed by atoms with van der Waals surface area (Å²) in [5, 5.41) is 0.704. The van der Waals surface area contributed by atoms with E-state index in [-0.39, 0.29) is 17.1 Å². The van der Waals surface area contributed by atoms with Gasteiger partial charge >= 0.3 is 0 Å². The first-order valence-corrected chi connectivity index (χ1v) is 10.8. The van der Waals surface area contributed by atoms with Crippen molar-refractivity contribution >= 4 is 29.0 Å². The second kappa shape index (κ2) is 8.33. The summed E-state index contributed by atoms with van der Waals surface area (Å²) < 4.78 is 0. The molecule has 0 unspecified atom stereocenters. The number of ketones is 2. The molecule has 0 aliphatic carbocycles. The minimum absolute atomic E-state index is 0.228. The molecule has 0 N–H and O–H groups in total. The number of hydrogen-bond acceptors (Lipinski definition) is 4. The molecule has 1 heterocycles. The van der Waals surface area contributed by atoms with Gasteiger partial charge in [-0.2, -0.15) is 0 Å². The molecule has 3 aromatic rings. The molecule has 0 amide bonds. The fourth-order valence-corrected chi connectivity index (χ4v) is 4.79. The van der Waals surface area contributed by atoms with Crippen LogP contribution in [0.2, 0.25) is 0 Å². The number of carbonyl (C=O) groups excluding carboxylic acids is 2. The standard InChI is InChI=1S/C26H23NO2S/c1-4-27-21-7-5-6-8-22(21)30-26(27)23(24(28)19-13-9-17(2)10-14-19)25(29)20-15-11-18(3)12-16-20/h5-16H,4H2,1-3H3. The Bertz CT molecular complexity index is 1080. The topological polar surface area (TPSA) is 37.4 Å². The summed E-state index contributed by atoms with van der Waals surface area (Å²) >= 11 is 1.49. The van der Waals surface area contributed by atoms with E-state index in [1.807, 2.05) is 69.3 Å². The van der Waals surface area contributed by atoms with Gasteiger partial charge in [-0.25, -0.2) is 0 Å². The first-order valence-electron chi connectivity index (χ1n) is 10.0. The number of benzene rings is 3. The molecule has 4 rings (SSSR count). The highest BCUT2D eigenvalue weighted by Crippen LogP contribution is 2.47.